The molecular weight excluding hydrogens is 198 g/mol. The maximum atomic E-state index is 8.36. The molecule has 0 aliphatic rings. The van der Waals surface area contributed by atoms with Crippen LogP contribution in [0.5, 0.6) is 0 Å². The first kappa shape index (κ1) is 11.4. The van der Waals surface area contributed by atoms with Gasteiger partial charge in [-0.1, -0.05) is 10.3 Å². The van der Waals surface area contributed by atoms with Crippen LogP contribution in [-0.4, -0.2) is 33.8 Å². The molecule has 0 aliphatic carbocycles. The number of oxime groups is 1. The molecular formula is C8H15N5O2. The van der Waals surface area contributed by atoms with Gasteiger partial charge in [0.1, 0.15) is 5.84 Å². The maximum absolute atomic E-state index is 8.36. The lowest BCUT2D eigenvalue weighted by molar-refractivity contribution is 0.315. The third-order valence-corrected chi connectivity index (χ3v) is 1.88. The monoisotopic (exact) mass is 213 g/mol. The molecule has 1 aromatic rings. The van der Waals surface area contributed by atoms with Crippen LogP contribution in [0.2, 0.25) is 0 Å². The van der Waals surface area contributed by atoms with Gasteiger partial charge < -0.3 is 20.8 Å². The van der Waals surface area contributed by atoms with Gasteiger partial charge >= 0.3 is 0 Å². The van der Waals surface area contributed by atoms with Crippen molar-refractivity contribution in [2.75, 3.05) is 6.54 Å². The fourth-order valence-electron chi connectivity index (χ4n) is 1.16. The number of hydrogen-bond acceptors (Lipinski definition) is 6. The Kier molecular flexibility index (Phi) is 4.55. The van der Waals surface area contributed by atoms with Gasteiger partial charge in [-0.15, -0.1) is 0 Å². The molecule has 0 aromatic carbocycles. The largest absolute Gasteiger partial charge is 0.409 e. The molecule has 1 heterocycles. The molecule has 15 heavy (non-hydrogen) atoms. The van der Waals surface area contributed by atoms with Crippen molar-refractivity contribution >= 4 is 5.84 Å². The smallest absolute Gasteiger partial charge is 0.227 e. The molecule has 0 fully saturated rings. The second-order valence-electron chi connectivity index (χ2n) is 3.24. The van der Waals surface area contributed by atoms with Crippen molar-refractivity contribution in [2.24, 2.45) is 10.9 Å². The summed E-state index contributed by atoms with van der Waals surface area (Å²) in [6, 6.07) is 0.142. The van der Waals surface area contributed by atoms with Crippen LogP contribution in [0.15, 0.2) is 16.0 Å². The van der Waals surface area contributed by atoms with Gasteiger partial charge in [0, 0.05) is 25.4 Å². The van der Waals surface area contributed by atoms with E-state index in [4.69, 9.17) is 15.5 Å². The summed E-state index contributed by atoms with van der Waals surface area (Å²) in [5.74, 6) is 0.811. The minimum absolute atomic E-state index is 0.142. The van der Waals surface area contributed by atoms with E-state index in [1.165, 1.54) is 6.33 Å². The Balaban J connectivity index is 2.14. The molecule has 1 unspecified atom stereocenters. The first-order chi connectivity index (χ1) is 7.22. The highest BCUT2D eigenvalue weighted by molar-refractivity contribution is 5.80. The maximum Gasteiger partial charge on any atom is 0.227 e. The van der Waals surface area contributed by atoms with Gasteiger partial charge in [0.15, 0.2) is 6.33 Å². The predicted molar refractivity (Wildman–Crippen MR) is 53.5 cm³/mol. The molecule has 0 bridgehead atoms. The van der Waals surface area contributed by atoms with E-state index in [2.05, 4.69) is 20.6 Å². The molecule has 1 rings (SSSR count). The number of aromatic nitrogens is 2. The van der Waals surface area contributed by atoms with Crippen LogP contribution in [-0.2, 0) is 6.42 Å². The average Bonchev–Trinajstić information content (AvgIpc) is 2.70. The molecule has 0 spiro atoms. The van der Waals surface area contributed by atoms with Crippen molar-refractivity contribution in [1.82, 2.24) is 15.5 Å². The summed E-state index contributed by atoms with van der Waals surface area (Å²) in [6.45, 7) is 2.66. The van der Waals surface area contributed by atoms with Crippen LogP contribution in [0.25, 0.3) is 0 Å². The van der Waals surface area contributed by atoms with Crippen LogP contribution in [0.4, 0.5) is 0 Å². The van der Waals surface area contributed by atoms with Gasteiger partial charge in [0.25, 0.3) is 0 Å². The molecule has 0 amide bonds. The Bertz CT molecular complexity index is 298. The van der Waals surface area contributed by atoms with Gasteiger partial charge in [-0.25, -0.2) is 0 Å². The van der Waals surface area contributed by atoms with Crippen molar-refractivity contribution < 1.29 is 9.73 Å². The SMILES string of the molecule is CC(CC(N)=NO)NCCc1ncno1. The van der Waals surface area contributed by atoms with Crippen LogP contribution in [0.3, 0.4) is 0 Å². The first-order valence-corrected chi connectivity index (χ1v) is 4.67. The summed E-state index contributed by atoms with van der Waals surface area (Å²) >= 11 is 0. The summed E-state index contributed by atoms with van der Waals surface area (Å²) in [4.78, 5) is 3.88. The number of rotatable bonds is 6. The Morgan fingerprint density at radius 1 is 1.80 bits per heavy atom. The molecule has 7 heteroatoms. The zero-order chi connectivity index (χ0) is 11.1. The summed E-state index contributed by atoms with van der Waals surface area (Å²) in [5, 5.41) is 17.9. The van der Waals surface area contributed by atoms with Crippen LogP contribution in [0.1, 0.15) is 19.2 Å². The van der Waals surface area contributed by atoms with E-state index in [-0.39, 0.29) is 11.9 Å². The summed E-state index contributed by atoms with van der Waals surface area (Å²) < 4.78 is 4.83. The number of amidine groups is 1. The second-order valence-corrected chi connectivity index (χ2v) is 3.24. The minimum Gasteiger partial charge on any atom is -0.409 e. The fraction of sp³-hybridized carbons (Fsp3) is 0.625. The zero-order valence-electron chi connectivity index (χ0n) is 8.55. The van der Waals surface area contributed by atoms with Crippen molar-refractivity contribution in [3.05, 3.63) is 12.2 Å². The topological polar surface area (TPSA) is 110 Å². The molecule has 0 saturated heterocycles. The summed E-state index contributed by atoms with van der Waals surface area (Å²) in [7, 11) is 0. The molecule has 84 valence electrons. The van der Waals surface area contributed by atoms with Crippen molar-refractivity contribution in [1.29, 1.82) is 0 Å². The van der Waals surface area contributed by atoms with Crippen LogP contribution >= 0.6 is 0 Å². The summed E-state index contributed by atoms with van der Waals surface area (Å²) in [5.41, 5.74) is 5.36. The standard InChI is InChI=1S/C8H15N5O2/c1-6(4-7(9)13-14)10-3-2-8-11-5-12-15-8/h5-6,10,14H,2-4H2,1H3,(H2,9,13). The Morgan fingerprint density at radius 2 is 2.60 bits per heavy atom. The molecule has 1 aromatic heterocycles. The number of hydrogen-bond donors (Lipinski definition) is 3. The van der Waals surface area contributed by atoms with E-state index in [9.17, 15) is 0 Å². The molecule has 7 nitrogen and oxygen atoms in total. The molecule has 0 saturated carbocycles. The minimum atomic E-state index is 0.142. The first-order valence-electron chi connectivity index (χ1n) is 4.67. The van der Waals surface area contributed by atoms with E-state index < -0.39 is 0 Å². The molecule has 4 N–H and O–H groups in total. The normalized spacial score (nSPS) is 14.1. The third-order valence-electron chi connectivity index (χ3n) is 1.88. The number of nitrogens with two attached hydrogens (primary N) is 1. The quantitative estimate of drug-likeness (QED) is 0.259. The van der Waals surface area contributed by atoms with Crippen molar-refractivity contribution in [2.45, 2.75) is 25.8 Å². The average molecular weight is 213 g/mol. The van der Waals surface area contributed by atoms with E-state index >= 15 is 0 Å². The lowest BCUT2D eigenvalue weighted by Gasteiger charge is -2.11. The van der Waals surface area contributed by atoms with E-state index in [1.54, 1.807) is 0 Å². The highest BCUT2D eigenvalue weighted by Gasteiger charge is 2.05. The van der Waals surface area contributed by atoms with E-state index in [1.807, 2.05) is 6.92 Å². The number of nitrogens with zero attached hydrogens (tertiary/aromatic N) is 3. The summed E-state index contributed by atoms with van der Waals surface area (Å²) in [6.07, 6.45) is 2.54. The highest BCUT2D eigenvalue weighted by atomic mass is 16.5. The van der Waals surface area contributed by atoms with Crippen LogP contribution < -0.4 is 11.1 Å². The Hall–Kier alpha value is -1.63. The van der Waals surface area contributed by atoms with Gasteiger partial charge in [0.2, 0.25) is 5.89 Å². The number of nitrogens with one attached hydrogen (secondary N) is 1. The Labute approximate surface area is 87.3 Å². The highest BCUT2D eigenvalue weighted by Crippen LogP contribution is 1.94. The van der Waals surface area contributed by atoms with E-state index in [0.29, 0.717) is 25.3 Å². The van der Waals surface area contributed by atoms with Crippen molar-refractivity contribution in [3.8, 4) is 0 Å². The fourth-order valence-corrected chi connectivity index (χ4v) is 1.16. The van der Waals surface area contributed by atoms with Gasteiger partial charge in [-0.2, -0.15) is 4.98 Å². The third kappa shape index (κ3) is 4.41. The predicted octanol–water partition coefficient (Wildman–Crippen LogP) is -0.273. The van der Waals surface area contributed by atoms with Gasteiger partial charge in [-0.05, 0) is 6.92 Å². The molecule has 0 aliphatic heterocycles. The second kappa shape index (κ2) is 5.97. The van der Waals surface area contributed by atoms with Crippen LogP contribution in [0, 0.1) is 0 Å². The van der Waals surface area contributed by atoms with E-state index in [0.717, 1.165) is 0 Å². The zero-order valence-corrected chi connectivity index (χ0v) is 8.55. The molecule has 0 radical (unpaired) electrons. The Morgan fingerprint density at radius 3 is 3.20 bits per heavy atom. The van der Waals surface area contributed by atoms with Gasteiger partial charge in [-0.3, -0.25) is 0 Å². The van der Waals surface area contributed by atoms with Crippen molar-refractivity contribution in [3.63, 3.8) is 0 Å². The van der Waals surface area contributed by atoms with Gasteiger partial charge in [0.05, 0.1) is 0 Å². The molecule has 1 atom stereocenters. The lowest BCUT2D eigenvalue weighted by atomic mass is 10.2. The lowest BCUT2D eigenvalue weighted by Crippen LogP contribution is -2.32.